The van der Waals surface area contributed by atoms with Gasteiger partial charge in [0.15, 0.2) is 11.5 Å². The van der Waals surface area contributed by atoms with Gasteiger partial charge >= 0.3 is 0 Å². The van der Waals surface area contributed by atoms with Crippen LogP contribution in [0.2, 0.25) is 0 Å². The van der Waals surface area contributed by atoms with Crippen molar-refractivity contribution in [3.63, 3.8) is 0 Å². The molecular formula is C16H24O3. The molecule has 3 nitrogen and oxygen atoms in total. The number of aromatic hydroxyl groups is 1. The van der Waals surface area contributed by atoms with E-state index in [9.17, 15) is 5.11 Å². The second-order valence-electron chi connectivity index (χ2n) is 6.22. The van der Waals surface area contributed by atoms with E-state index in [0.717, 1.165) is 12.8 Å². The second kappa shape index (κ2) is 5.72. The van der Waals surface area contributed by atoms with Crippen LogP contribution in [-0.2, 0) is 0 Å². The summed E-state index contributed by atoms with van der Waals surface area (Å²) in [5, 5.41) is 9.63. The average molecular weight is 264 g/mol. The maximum Gasteiger partial charge on any atom is 0.165 e. The summed E-state index contributed by atoms with van der Waals surface area (Å²) in [6, 6.07) is 5.06. The van der Waals surface area contributed by atoms with E-state index in [1.807, 2.05) is 20.8 Å². The minimum atomic E-state index is -0.276. The number of phenolic OH excluding ortho intramolecular Hbond substituents is 1. The summed E-state index contributed by atoms with van der Waals surface area (Å²) in [6.45, 7) is 6.01. The van der Waals surface area contributed by atoms with Crippen LogP contribution in [0, 0.1) is 0 Å². The number of rotatable bonds is 3. The van der Waals surface area contributed by atoms with E-state index in [2.05, 4.69) is 0 Å². The predicted octanol–water partition coefficient (Wildman–Crippen LogP) is 4.28. The highest BCUT2D eigenvalue weighted by molar-refractivity contribution is 5.45. The molecule has 0 atom stereocenters. The van der Waals surface area contributed by atoms with Crippen LogP contribution in [0.25, 0.3) is 0 Å². The molecule has 106 valence electrons. The molecule has 3 heteroatoms. The quantitative estimate of drug-likeness (QED) is 0.885. The van der Waals surface area contributed by atoms with Crippen LogP contribution in [-0.4, -0.2) is 16.8 Å². The first-order valence-electron chi connectivity index (χ1n) is 7.13. The van der Waals surface area contributed by atoms with Gasteiger partial charge in [0.05, 0.1) is 6.10 Å². The zero-order valence-corrected chi connectivity index (χ0v) is 12.1. The van der Waals surface area contributed by atoms with E-state index in [0.29, 0.717) is 11.5 Å². The summed E-state index contributed by atoms with van der Waals surface area (Å²) in [4.78, 5) is 0. The van der Waals surface area contributed by atoms with Crippen molar-refractivity contribution in [2.45, 2.75) is 64.6 Å². The first-order chi connectivity index (χ1) is 8.94. The molecule has 1 aromatic rings. The average Bonchev–Trinajstić information content (AvgIpc) is 2.32. The zero-order chi connectivity index (χ0) is 13.9. The van der Waals surface area contributed by atoms with Gasteiger partial charge in [0.25, 0.3) is 0 Å². The van der Waals surface area contributed by atoms with Gasteiger partial charge in [-0.3, -0.25) is 0 Å². The zero-order valence-electron chi connectivity index (χ0n) is 12.1. The Bertz CT molecular complexity index is 414. The van der Waals surface area contributed by atoms with Crippen LogP contribution in [0.15, 0.2) is 18.2 Å². The van der Waals surface area contributed by atoms with Gasteiger partial charge < -0.3 is 14.6 Å². The molecule has 1 fully saturated rings. The Hall–Kier alpha value is -1.38. The largest absolute Gasteiger partial charge is 0.508 e. The van der Waals surface area contributed by atoms with Crippen LogP contribution < -0.4 is 9.47 Å². The number of hydrogen-bond donors (Lipinski definition) is 1. The highest BCUT2D eigenvalue weighted by atomic mass is 16.5. The lowest BCUT2D eigenvalue weighted by Gasteiger charge is -2.27. The fraction of sp³-hybridized carbons (Fsp3) is 0.625. The number of hydrogen-bond acceptors (Lipinski definition) is 3. The molecule has 0 saturated heterocycles. The fourth-order valence-electron chi connectivity index (χ4n) is 2.37. The van der Waals surface area contributed by atoms with E-state index < -0.39 is 0 Å². The third-order valence-corrected chi connectivity index (χ3v) is 3.19. The van der Waals surface area contributed by atoms with Crippen molar-refractivity contribution < 1.29 is 14.6 Å². The number of phenols is 1. The van der Waals surface area contributed by atoms with Crippen molar-refractivity contribution in [1.82, 2.24) is 0 Å². The molecule has 0 amide bonds. The summed E-state index contributed by atoms with van der Waals surface area (Å²) in [6.07, 6.45) is 6.16. The van der Waals surface area contributed by atoms with Crippen molar-refractivity contribution in [3.8, 4) is 17.2 Å². The summed E-state index contributed by atoms with van der Waals surface area (Å²) in [5.41, 5.74) is -0.276. The van der Waals surface area contributed by atoms with Crippen LogP contribution in [0.4, 0.5) is 0 Å². The maximum absolute atomic E-state index is 9.63. The summed E-state index contributed by atoms with van der Waals surface area (Å²) in [5.74, 6) is 1.57. The number of ether oxygens (including phenoxy) is 2. The summed E-state index contributed by atoms with van der Waals surface area (Å²) < 4.78 is 11.9. The first-order valence-corrected chi connectivity index (χ1v) is 7.13. The molecule has 1 aliphatic rings. The van der Waals surface area contributed by atoms with Crippen LogP contribution in [0.3, 0.4) is 0 Å². The molecule has 19 heavy (non-hydrogen) atoms. The van der Waals surface area contributed by atoms with Crippen molar-refractivity contribution in [3.05, 3.63) is 18.2 Å². The molecule has 0 heterocycles. The Balaban J connectivity index is 2.14. The lowest BCUT2D eigenvalue weighted by Crippen LogP contribution is -2.24. The third kappa shape index (κ3) is 4.34. The molecule has 0 unspecified atom stereocenters. The van der Waals surface area contributed by atoms with Crippen molar-refractivity contribution in [1.29, 1.82) is 0 Å². The van der Waals surface area contributed by atoms with Gasteiger partial charge in [-0.2, -0.15) is 0 Å². The van der Waals surface area contributed by atoms with Gasteiger partial charge in [-0.05, 0) is 58.6 Å². The molecule has 0 spiro atoms. The van der Waals surface area contributed by atoms with Crippen molar-refractivity contribution in [2.24, 2.45) is 0 Å². The highest BCUT2D eigenvalue weighted by Gasteiger charge is 2.20. The predicted molar refractivity (Wildman–Crippen MR) is 76.0 cm³/mol. The Morgan fingerprint density at radius 2 is 1.74 bits per heavy atom. The van der Waals surface area contributed by atoms with E-state index in [-0.39, 0.29) is 17.5 Å². The van der Waals surface area contributed by atoms with Crippen LogP contribution >= 0.6 is 0 Å². The SMILES string of the molecule is CC(C)(C)Oc1ccc(O)cc1OC1CCCCC1. The van der Waals surface area contributed by atoms with Crippen molar-refractivity contribution >= 4 is 0 Å². The molecule has 0 bridgehead atoms. The van der Waals surface area contributed by atoms with Gasteiger partial charge in [0, 0.05) is 6.07 Å². The molecule has 1 aromatic carbocycles. The highest BCUT2D eigenvalue weighted by Crippen LogP contribution is 2.35. The van der Waals surface area contributed by atoms with E-state index in [1.54, 1.807) is 18.2 Å². The maximum atomic E-state index is 9.63. The molecule has 0 aromatic heterocycles. The molecule has 0 radical (unpaired) electrons. The van der Waals surface area contributed by atoms with Gasteiger partial charge in [0.1, 0.15) is 11.4 Å². The molecular weight excluding hydrogens is 240 g/mol. The number of benzene rings is 1. The van der Waals surface area contributed by atoms with E-state index >= 15 is 0 Å². The smallest absolute Gasteiger partial charge is 0.165 e. The minimum Gasteiger partial charge on any atom is -0.508 e. The Kier molecular flexibility index (Phi) is 4.23. The first kappa shape index (κ1) is 14.0. The van der Waals surface area contributed by atoms with E-state index in [1.165, 1.54) is 19.3 Å². The lowest BCUT2D eigenvalue weighted by molar-refractivity contribution is 0.107. The summed E-state index contributed by atoms with van der Waals surface area (Å²) in [7, 11) is 0. The van der Waals surface area contributed by atoms with Gasteiger partial charge in [-0.15, -0.1) is 0 Å². The molecule has 1 saturated carbocycles. The van der Waals surface area contributed by atoms with Crippen LogP contribution in [0.5, 0.6) is 17.2 Å². The van der Waals surface area contributed by atoms with Gasteiger partial charge in [-0.1, -0.05) is 6.42 Å². The van der Waals surface area contributed by atoms with E-state index in [4.69, 9.17) is 9.47 Å². The molecule has 2 rings (SSSR count). The Morgan fingerprint density at radius 1 is 1.05 bits per heavy atom. The Labute approximate surface area is 115 Å². The van der Waals surface area contributed by atoms with Crippen molar-refractivity contribution in [2.75, 3.05) is 0 Å². The molecule has 0 aliphatic heterocycles. The van der Waals surface area contributed by atoms with Gasteiger partial charge in [0.2, 0.25) is 0 Å². The lowest BCUT2D eigenvalue weighted by atomic mass is 9.98. The normalized spacial score (nSPS) is 17.2. The summed E-state index contributed by atoms with van der Waals surface area (Å²) >= 11 is 0. The topological polar surface area (TPSA) is 38.7 Å². The minimum absolute atomic E-state index is 0.215. The molecule has 1 N–H and O–H groups in total. The van der Waals surface area contributed by atoms with Crippen LogP contribution in [0.1, 0.15) is 52.9 Å². The fourth-order valence-corrected chi connectivity index (χ4v) is 2.37. The third-order valence-electron chi connectivity index (χ3n) is 3.19. The second-order valence-corrected chi connectivity index (χ2v) is 6.22. The monoisotopic (exact) mass is 264 g/mol. The standard InChI is InChI=1S/C16H24O3/c1-16(2,3)19-14-10-9-12(17)11-15(14)18-13-7-5-4-6-8-13/h9-11,13,17H,4-8H2,1-3H3. The Morgan fingerprint density at radius 3 is 2.37 bits per heavy atom. The molecule has 1 aliphatic carbocycles. The van der Waals surface area contributed by atoms with Gasteiger partial charge in [-0.25, -0.2) is 0 Å².